The van der Waals surface area contributed by atoms with Gasteiger partial charge in [0, 0.05) is 23.3 Å². The predicted octanol–water partition coefficient (Wildman–Crippen LogP) is 3.67. The van der Waals surface area contributed by atoms with Gasteiger partial charge in [-0.2, -0.15) is 0 Å². The summed E-state index contributed by atoms with van der Waals surface area (Å²) >= 11 is 6.17. The molecule has 6 nitrogen and oxygen atoms in total. The molecular weight excluding hydrogens is 342 g/mol. The molecule has 0 unspecified atom stereocenters. The molecule has 1 saturated heterocycles. The highest BCUT2D eigenvalue weighted by molar-refractivity contribution is 6.31. The van der Waals surface area contributed by atoms with Crippen LogP contribution >= 0.6 is 11.6 Å². The number of halogens is 1. The average molecular weight is 360 g/mol. The summed E-state index contributed by atoms with van der Waals surface area (Å²) in [5.41, 5.74) is 0.876. The number of carbonyl (C=O) groups excluding carboxylic acids is 1. The third-order valence-corrected chi connectivity index (χ3v) is 4.46. The average Bonchev–Trinajstić information content (AvgIpc) is 3.01. The van der Waals surface area contributed by atoms with Crippen LogP contribution < -0.4 is 10.2 Å². The predicted molar refractivity (Wildman–Crippen MR) is 96.6 cm³/mol. The van der Waals surface area contributed by atoms with Gasteiger partial charge in [0.05, 0.1) is 5.56 Å². The molecule has 1 atom stereocenters. The van der Waals surface area contributed by atoms with Crippen LogP contribution in [0.5, 0.6) is 0 Å². The Morgan fingerprint density at radius 3 is 2.60 bits per heavy atom. The summed E-state index contributed by atoms with van der Waals surface area (Å²) in [6.07, 6.45) is 2.18. The summed E-state index contributed by atoms with van der Waals surface area (Å²) in [5, 5.41) is 12.1. The largest absolute Gasteiger partial charge is 0.478 e. The molecule has 0 bridgehead atoms. The van der Waals surface area contributed by atoms with E-state index < -0.39 is 11.9 Å². The van der Waals surface area contributed by atoms with Gasteiger partial charge in [0.25, 0.3) is 5.91 Å². The van der Waals surface area contributed by atoms with Crippen molar-refractivity contribution in [3.63, 3.8) is 0 Å². The van der Waals surface area contributed by atoms with E-state index in [2.05, 4.69) is 22.1 Å². The summed E-state index contributed by atoms with van der Waals surface area (Å²) < 4.78 is 0. The molecule has 2 heterocycles. The number of benzene rings is 1. The van der Waals surface area contributed by atoms with Crippen molar-refractivity contribution in [3.8, 4) is 0 Å². The van der Waals surface area contributed by atoms with Crippen molar-refractivity contribution in [1.29, 1.82) is 0 Å². The zero-order valence-corrected chi connectivity index (χ0v) is 14.5. The van der Waals surface area contributed by atoms with Gasteiger partial charge in [-0.3, -0.25) is 4.79 Å². The van der Waals surface area contributed by atoms with Gasteiger partial charge in [-0.25, -0.2) is 9.78 Å². The molecule has 0 radical (unpaired) electrons. The van der Waals surface area contributed by atoms with E-state index >= 15 is 0 Å². The number of hydrogen-bond acceptors (Lipinski definition) is 4. The molecule has 130 valence electrons. The molecular formula is C18H18ClN3O3. The van der Waals surface area contributed by atoms with Crippen LogP contribution in [0.25, 0.3) is 0 Å². The monoisotopic (exact) mass is 359 g/mol. The number of aromatic nitrogens is 1. The molecule has 3 rings (SSSR count). The van der Waals surface area contributed by atoms with Crippen LogP contribution in [-0.4, -0.2) is 34.6 Å². The molecule has 1 fully saturated rings. The van der Waals surface area contributed by atoms with Crippen LogP contribution in [0.2, 0.25) is 5.02 Å². The summed E-state index contributed by atoms with van der Waals surface area (Å²) in [4.78, 5) is 29.9. The van der Waals surface area contributed by atoms with Crippen molar-refractivity contribution in [3.05, 3.63) is 52.7 Å². The Labute approximate surface area is 150 Å². The number of carboxylic acid groups (broad SMARTS) is 1. The highest BCUT2D eigenvalue weighted by Crippen LogP contribution is 2.26. The van der Waals surface area contributed by atoms with Crippen molar-refractivity contribution < 1.29 is 14.7 Å². The summed E-state index contributed by atoms with van der Waals surface area (Å²) in [6, 6.07) is 9.59. The lowest BCUT2D eigenvalue weighted by molar-refractivity contribution is 0.0696. The molecule has 1 aromatic heterocycles. The number of pyridine rings is 1. The highest BCUT2D eigenvalue weighted by atomic mass is 35.5. The first-order valence-electron chi connectivity index (χ1n) is 8.03. The van der Waals surface area contributed by atoms with Gasteiger partial charge < -0.3 is 15.3 Å². The van der Waals surface area contributed by atoms with E-state index in [-0.39, 0.29) is 11.3 Å². The number of anilines is 2. The lowest BCUT2D eigenvalue weighted by Crippen LogP contribution is -2.28. The molecule has 1 aliphatic rings. The smallest absolute Gasteiger partial charge is 0.335 e. The van der Waals surface area contributed by atoms with Crippen molar-refractivity contribution in [2.24, 2.45) is 0 Å². The third kappa shape index (κ3) is 3.91. The third-order valence-electron chi connectivity index (χ3n) is 4.25. The Bertz CT molecular complexity index is 808. The van der Waals surface area contributed by atoms with Gasteiger partial charge >= 0.3 is 5.97 Å². The Hall–Kier alpha value is -2.60. The molecule has 2 aromatic rings. The van der Waals surface area contributed by atoms with Crippen LogP contribution in [0.4, 0.5) is 11.5 Å². The lowest BCUT2D eigenvalue weighted by atomic mass is 10.2. The van der Waals surface area contributed by atoms with E-state index in [0.29, 0.717) is 22.6 Å². The fraction of sp³-hybridized carbons (Fsp3) is 0.278. The Kier molecular flexibility index (Phi) is 4.90. The van der Waals surface area contributed by atoms with E-state index in [1.165, 1.54) is 30.3 Å². The van der Waals surface area contributed by atoms with E-state index in [1.54, 1.807) is 6.07 Å². The second kappa shape index (κ2) is 7.11. The lowest BCUT2D eigenvalue weighted by Gasteiger charge is -2.23. The first-order chi connectivity index (χ1) is 11.9. The highest BCUT2D eigenvalue weighted by Gasteiger charge is 2.23. The molecule has 1 aliphatic heterocycles. The zero-order valence-electron chi connectivity index (χ0n) is 13.7. The molecule has 0 spiro atoms. The number of rotatable bonds is 4. The minimum Gasteiger partial charge on any atom is -0.478 e. The maximum Gasteiger partial charge on any atom is 0.335 e. The topological polar surface area (TPSA) is 82.5 Å². The molecule has 0 aliphatic carbocycles. The molecule has 1 aromatic carbocycles. The number of hydrogen-bond donors (Lipinski definition) is 2. The number of nitrogens with one attached hydrogen (secondary N) is 1. The quantitative estimate of drug-likeness (QED) is 0.870. The second-order valence-corrected chi connectivity index (χ2v) is 6.49. The van der Waals surface area contributed by atoms with Crippen LogP contribution in [0.1, 0.15) is 40.6 Å². The summed E-state index contributed by atoms with van der Waals surface area (Å²) in [6.45, 7) is 3.02. The van der Waals surface area contributed by atoms with E-state index in [4.69, 9.17) is 16.7 Å². The fourth-order valence-corrected chi connectivity index (χ4v) is 3.11. The SMILES string of the molecule is C[C@@H]1CCCN1c1cc(Cl)cc(C(=O)Nc2ccc(C(=O)O)cc2)n1. The maximum absolute atomic E-state index is 12.5. The van der Waals surface area contributed by atoms with Crippen LogP contribution in [0.15, 0.2) is 36.4 Å². The standard InChI is InChI=1S/C18H18ClN3O3/c1-11-3-2-8-22(11)16-10-13(19)9-15(21-16)17(23)20-14-6-4-12(5-7-14)18(24)25/h4-7,9-11H,2-3,8H2,1H3,(H,20,23)(H,24,25)/t11-/m1/s1. The van der Waals surface area contributed by atoms with Crippen LogP contribution in [0.3, 0.4) is 0 Å². The number of carboxylic acids is 1. The minimum atomic E-state index is -1.02. The Morgan fingerprint density at radius 2 is 2.00 bits per heavy atom. The van der Waals surface area contributed by atoms with Gasteiger partial charge in [-0.15, -0.1) is 0 Å². The summed E-state index contributed by atoms with van der Waals surface area (Å²) in [5.74, 6) is -0.707. The van der Waals surface area contributed by atoms with E-state index in [1.807, 2.05) is 0 Å². The zero-order chi connectivity index (χ0) is 18.0. The van der Waals surface area contributed by atoms with E-state index in [9.17, 15) is 9.59 Å². The Morgan fingerprint density at radius 1 is 1.28 bits per heavy atom. The molecule has 0 saturated carbocycles. The van der Waals surface area contributed by atoms with Gasteiger partial charge in [0.2, 0.25) is 0 Å². The van der Waals surface area contributed by atoms with Gasteiger partial charge in [0.15, 0.2) is 0 Å². The molecule has 25 heavy (non-hydrogen) atoms. The van der Waals surface area contributed by atoms with Crippen molar-refractivity contribution in [2.75, 3.05) is 16.8 Å². The second-order valence-electron chi connectivity index (χ2n) is 6.05. The van der Waals surface area contributed by atoms with Crippen LogP contribution in [0, 0.1) is 0 Å². The molecule has 2 N–H and O–H groups in total. The number of amides is 1. The summed E-state index contributed by atoms with van der Waals surface area (Å²) in [7, 11) is 0. The van der Waals surface area contributed by atoms with Gasteiger partial charge in [0.1, 0.15) is 11.5 Å². The maximum atomic E-state index is 12.5. The number of nitrogens with zero attached hydrogens (tertiary/aromatic N) is 2. The number of aromatic carboxylic acids is 1. The first-order valence-corrected chi connectivity index (χ1v) is 8.41. The van der Waals surface area contributed by atoms with Crippen molar-refractivity contribution >= 4 is 35.0 Å². The van der Waals surface area contributed by atoms with Gasteiger partial charge in [-0.1, -0.05) is 11.6 Å². The first kappa shape index (κ1) is 17.2. The Balaban J connectivity index is 1.79. The van der Waals surface area contributed by atoms with Crippen molar-refractivity contribution in [1.82, 2.24) is 4.98 Å². The fourth-order valence-electron chi connectivity index (χ4n) is 2.91. The van der Waals surface area contributed by atoms with Gasteiger partial charge in [-0.05, 0) is 56.2 Å². The van der Waals surface area contributed by atoms with Crippen molar-refractivity contribution in [2.45, 2.75) is 25.8 Å². The molecule has 7 heteroatoms. The minimum absolute atomic E-state index is 0.157. The van der Waals surface area contributed by atoms with E-state index in [0.717, 1.165) is 19.4 Å². The normalized spacial score (nSPS) is 16.7. The van der Waals surface area contributed by atoms with Crippen LogP contribution in [-0.2, 0) is 0 Å². The molecule has 1 amide bonds. The number of carbonyl (C=O) groups is 2.